The Balaban J connectivity index is 1.87. The van der Waals surface area contributed by atoms with E-state index < -0.39 is 0 Å². The first-order valence-corrected chi connectivity index (χ1v) is 8.96. The van der Waals surface area contributed by atoms with E-state index in [1.807, 2.05) is 60.7 Å². The smallest absolute Gasteiger partial charge is 0.0626 e. The summed E-state index contributed by atoms with van der Waals surface area (Å²) in [6, 6.07) is 20.1. The predicted octanol–water partition coefficient (Wildman–Crippen LogP) is 2.66. The Kier molecular flexibility index (Phi) is 8.09. The zero-order chi connectivity index (χ0) is 18.1. The van der Waals surface area contributed by atoms with Crippen LogP contribution in [-0.2, 0) is 0 Å². The SMILES string of the molecule is C[C@H](CN[C@@H](CO)c1ccccc1)[C@H](C)N[C@@H](CO)c1ccccc1. The summed E-state index contributed by atoms with van der Waals surface area (Å²) in [5.41, 5.74) is 2.19. The van der Waals surface area contributed by atoms with Crippen molar-refractivity contribution in [2.75, 3.05) is 19.8 Å². The van der Waals surface area contributed by atoms with Gasteiger partial charge in [0.1, 0.15) is 0 Å². The Labute approximate surface area is 150 Å². The number of aliphatic hydroxyl groups excluding tert-OH is 2. The average molecular weight is 342 g/mol. The van der Waals surface area contributed by atoms with Crippen molar-refractivity contribution in [2.24, 2.45) is 5.92 Å². The molecule has 0 bridgehead atoms. The zero-order valence-electron chi connectivity index (χ0n) is 15.1. The van der Waals surface area contributed by atoms with Crippen LogP contribution in [0.1, 0.15) is 37.1 Å². The summed E-state index contributed by atoms with van der Waals surface area (Å²) >= 11 is 0. The molecule has 136 valence electrons. The molecule has 0 saturated carbocycles. The number of hydrogen-bond donors (Lipinski definition) is 4. The zero-order valence-corrected chi connectivity index (χ0v) is 15.1. The first kappa shape index (κ1) is 19.6. The maximum Gasteiger partial charge on any atom is 0.0626 e. The minimum atomic E-state index is -0.0681. The van der Waals surface area contributed by atoms with E-state index in [0.29, 0.717) is 5.92 Å². The lowest BCUT2D eigenvalue weighted by Gasteiger charge is -2.28. The highest BCUT2D eigenvalue weighted by atomic mass is 16.3. The first-order chi connectivity index (χ1) is 12.2. The summed E-state index contributed by atoms with van der Waals surface area (Å²) in [6.45, 7) is 5.22. The van der Waals surface area contributed by atoms with E-state index in [2.05, 4.69) is 24.5 Å². The van der Waals surface area contributed by atoms with E-state index in [9.17, 15) is 10.2 Å². The Morgan fingerprint density at radius 3 is 1.72 bits per heavy atom. The molecular formula is C21H30N2O2. The highest BCUT2D eigenvalue weighted by Gasteiger charge is 2.19. The van der Waals surface area contributed by atoms with E-state index in [1.165, 1.54) is 0 Å². The van der Waals surface area contributed by atoms with Gasteiger partial charge in [-0.3, -0.25) is 0 Å². The molecule has 0 heterocycles. The summed E-state index contributed by atoms with van der Waals surface area (Å²) in [4.78, 5) is 0. The molecule has 0 radical (unpaired) electrons. The lowest BCUT2D eigenvalue weighted by molar-refractivity contribution is 0.212. The molecule has 2 rings (SSSR count). The molecule has 0 saturated heterocycles. The summed E-state index contributed by atoms with van der Waals surface area (Å²) in [5.74, 6) is 0.343. The van der Waals surface area contributed by atoms with E-state index in [4.69, 9.17) is 0 Å². The quantitative estimate of drug-likeness (QED) is 0.536. The van der Waals surface area contributed by atoms with Gasteiger partial charge in [-0.15, -0.1) is 0 Å². The second-order valence-electron chi connectivity index (χ2n) is 6.63. The molecule has 0 amide bonds. The van der Waals surface area contributed by atoms with Crippen molar-refractivity contribution in [2.45, 2.75) is 32.0 Å². The van der Waals surface area contributed by atoms with Crippen LogP contribution < -0.4 is 10.6 Å². The molecule has 25 heavy (non-hydrogen) atoms. The van der Waals surface area contributed by atoms with Crippen LogP contribution >= 0.6 is 0 Å². The normalized spacial score (nSPS) is 16.2. The third-order valence-corrected chi connectivity index (χ3v) is 4.77. The van der Waals surface area contributed by atoms with Crippen molar-refractivity contribution in [3.8, 4) is 0 Å². The van der Waals surface area contributed by atoms with Crippen molar-refractivity contribution in [3.05, 3.63) is 71.8 Å². The number of aliphatic hydroxyl groups is 2. The highest BCUT2D eigenvalue weighted by molar-refractivity contribution is 5.20. The molecule has 0 aliphatic heterocycles. The number of hydrogen-bond acceptors (Lipinski definition) is 4. The van der Waals surface area contributed by atoms with Crippen LogP contribution in [-0.4, -0.2) is 36.0 Å². The van der Waals surface area contributed by atoms with Crippen molar-refractivity contribution >= 4 is 0 Å². The van der Waals surface area contributed by atoms with Crippen molar-refractivity contribution in [1.82, 2.24) is 10.6 Å². The largest absolute Gasteiger partial charge is 0.394 e. The molecule has 2 aromatic rings. The molecule has 4 heteroatoms. The minimum absolute atomic E-state index is 0.0568. The van der Waals surface area contributed by atoms with Gasteiger partial charge in [-0.2, -0.15) is 0 Å². The summed E-state index contributed by atoms with van der Waals surface area (Å²) in [6.07, 6.45) is 0. The Bertz CT molecular complexity index is 591. The molecule has 2 aromatic carbocycles. The molecule has 0 fully saturated rings. The molecular weight excluding hydrogens is 312 g/mol. The second-order valence-corrected chi connectivity index (χ2v) is 6.63. The van der Waals surface area contributed by atoms with E-state index in [0.717, 1.165) is 17.7 Å². The Morgan fingerprint density at radius 2 is 1.24 bits per heavy atom. The molecule has 0 aliphatic rings. The third kappa shape index (κ3) is 5.94. The molecule has 0 aliphatic carbocycles. The fourth-order valence-corrected chi connectivity index (χ4v) is 2.90. The third-order valence-electron chi connectivity index (χ3n) is 4.77. The van der Waals surface area contributed by atoms with Crippen LogP contribution in [0.25, 0.3) is 0 Å². The van der Waals surface area contributed by atoms with Crippen LogP contribution in [0.2, 0.25) is 0 Å². The van der Waals surface area contributed by atoms with Gasteiger partial charge in [-0.25, -0.2) is 0 Å². The summed E-state index contributed by atoms with van der Waals surface area (Å²) < 4.78 is 0. The van der Waals surface area contributed by atoms with Crippen LogP contribution in [0.15, 0.2) is 60.7 Å². The summed E-state index contributed by atoms with van der Waals surface area (Å²) in [5, 5.41) is 26.3. The van der Waals surface area contributed by atoms with Crippen LogP contribution in [0.3, 0.4) is 0 Å². The number of nitrogens with one attached hydrogen (secondary N) is 2. The second kappa shape index (κ2) is 10.3. The maximum absolute atomic E-state index is 9.70. The fourth-order valence-electron chi connectivity index (χ4n) is 2.90. The van der Waals surface area contributed by atoms with Gasteiger partial charge in [0, 0.05) is 6.04 Å². The van der Waals surface area contributed by atoms with Crippen LogP contribution in [0.4, 0.5) is 0 Å². The van der Waals surface area contributed by atoms with E-state index >= 15 is 0 Å². The first-order valence-electron chi connectivity index (χ1n) is 8.96. The van der Waals surface area contributed by atoms with Crippen molar-refractivity contribution in [3.63, 3.8) is 0 Å². The topological polar surface area (TPSA) is 64.5 Å². The van der Waals surface area contributed by atoms with Gasteiger partial charge >= 0.3 is 0 Å². The lowest BCUT2D eigenvalue weighted by atomic mass is 9.99. The monoisotopic (exact) mass is 342 g/mol. The van der Waals surface area contributed by atoms with Gasteiger partial charge in [-0.1, -0.05) is 67.6 Å². The van der Waals surface area contributed by atoms with Gasteiger partial charge in [0.2, 0.25) is 0 Å². The van der Waals surface area contributed by atoms with Gasteiger partial charge in [0.15, 0.2) is 0 Å². The summed E-state index contributed by atoms with van der Waals surface area (Å²) in [7, 11) is 0. The maximum atomic E-state index is 9.70. The molecule has 0 aromatic heterocycles. The van der Waals surface area contributed by atoms with Gasteiger partial charge in [0.05, 0.1) is 25.3 Å². The minimum Gasteiger partial charge on any atom is -0.394 e. The average Bonchev–Trinajstić information content (AvgIpc) is 2.67. The standard InChI is InChI=1S/C21H30N2O2/c1-16(13-22-20(14-24)18-9-5-3-6-10-18)17(2)23-21(15-25)19-11-7-4-8-12-19/h3-12,16-17,20-25H,13-15H2,1-2H3/t16-,17+,20+,21+/m1/s1. The predicted molar refractivity (Wildman–Crippen MR) is 102 cm³/mol. The molecule has 4 atom stereocenters. The van der Waals surface area contributed by atoms with E-state index in [-0.39, 0.29) is 31.3 Å². The molecule has 4 nitrogen and oxygen atoms in total. The van der Waals surface area contributed by atoms with Crippen LogP contribution in [0.5, 0.6) is 0 Å². The molecule has 4 N–H and O–H groups in total. The van der Waals surface area contributed by atoms with E-state index in [1.54, 1.807) is 0 Å². The Morgan fingerprint density at radius 1 is 0.760 bits per heavy atom. The molecule has 0 spiro atoms. The number of rotatable bonds is 10. The van der Waals surface area contributed by atoms with Gasteiger partial charge in [0.25, 0.3) is 0 Å². The molecule has 0 unspecified atom stereocenters. The van der Waals surface area contributed by atoms with Crippen molar-refractivity contribution in [1.29, 1.82) is 0 Å². The van der Waals surface area contributed by atoms with Crippen molar-refractivity contribution < 1.29 is 10.2 Å². The van der Waals surface area contributed by atoms with Gasteiger partial charge < -0.3 is 20.8 Å². The van der Waals surface area contributed by atoms with Gasteiger partial charge in [-0.05, 0) is 30.5 Å². The number of benzene rings is 2. The highest BCUT2D eigenvalue weighted by Crippen LogP contribution is 2.16. The Hall–Kier alpha value is -1.72. The lowest BCUT2D eigenvalue weighted by Crippen LogP contribution is -2.41. The fraction of sp³-hybridized carbons (Fsp3) is 0.429. The van der Waals surface area contributed by atoms with Crippen LogP contribution in [0, 0.1) is 5.92 Å².